The van der Waals surface area contributed by atoms with E-state index in [1.807, 2.05) is 13.1 Å². The van der Waals surface area contributed by atoms with E-state index in [9.17, 15) is 0 Å². The number of hydrogen-bond donors (Lipinski definition) is 1. The summed E-state index contributed by atoms with van der Waals surface area (Å²) in [5.74, 6) is 1.58. The predicted molar refractivity (Wildman–Crippen MR) is 46.1 cm³/mol. The fourth-order valence-electron chi connectivity index (χ4n) is 1.60. The maximum Gasteiger partial charge on any atom is 0.111 e. The summed E-state index contributed by atoms with van der Waals surface area (Å²) < 4.78 is 5.39. The number of imidazole rings is 1. The average molecular weight is 166 g/mol. The summed E-state index contributed by atoms with van der Waals surface area (Å²) in [6.45, 7) is 3.74. The second kappa shape index (κ2) is 3.27. The highest BCUT2D eigenvalue weighted by Gasteiger charge is 2.17. The lowest BCUT2D eigenvalue weighted by atomic mass is 10.0. The second-order valence-corrected chi connectivity index (χ2v) is 3.34. The lowest BCUT2D eigenvalue weighted by Crippen LogP contribution is -2.16. The number of hydrogen-bond acceptors (Lipinski definition) is 2. The van der Waals surface area contributed by atoms with Gasteiger partial charge in [0.15, 0.2) is 0 Å². The SMILES string of the molecule is Cc1c[nH]c(C2CCCOC2)n1. The van der Waals surface area contributed by atoms with Gasteiger partial charge in [0.05, 0.1) is 12.3 Å². The van der Waals surface area contributed by atoms with Crippen molar-refractivity contribution in [2.75, 3.05) is 13.2 Å². The molecule has 12 heavy (non-hydrogen) atoms. The molecule has 1 saturated heterocycles. The number of nitrogens with zero attached hydrogens (tertiary/aromatic N) is 1. The van der Waals surface area contributed by atoms with Crippen LogP contribution in [0.5, 0.6) is 0 Å². The van der Waals surface area contributed by atoms with Crippen LogP contribution in [0, 0.1) is 6.92 Å². The number of ether oxygens (including phenoxy) is 1. The van der Waals surface area contributed by atoms with Crippen LogP contribution in [0.4, 0.5) is 0 Å². The van der Waals surface area contributed by atoms with E-state index in [0.29, 0.717) is 5.92 Å². The van der Waals surface area contributed by atoms with Crippen LogP contribution in [0.15, 0.2) is 6.20 Å². The lowest BCUT2D eigenvalue weighted by molar-refractivity contribution is 0.0783. The molecular formula is C9H14N2O. The third kappa shape index (κ3) is 1.50. The highest BCUT2D eigenvalue weighted by atomic mass is 16.5. The molecule has 2 heterocycles. The molecule has 0 aromatic carbocycles. The van der Waals surface area contributed by atoms with Crippen molar-refractivity contribution in [3.8, 4) is 0 Å². The molecule has 3 heteroatoms. The second-order valence-electron chi connectivity index (χ2n) is 3.34. The zero-order valence-electron chi connectivity index (χ0n) is 7.34. The number of H-pyrrole nitrogens is 1. The van der Waals surface area contributed by atoms with E-state index in [1.54, 1.807) is 0 Å². The van der Waals surface area contributed by atoms with Gasteiger partial charge in [-0.3, -0.25) is 0 Å². The Hall–Kier alpha value is -0.830. The third-order valence-corrected chi connectivity index (χ3v) is 2.27. The fraction of sp³-hybridized carbons (Fsp3) is 0.667. The Morgan fingerprint density at radius 1 is 1.67 bits per heavy atom. The average Bonchev–Trinajstić information content (AvgIpc) is 2.54. The van der Waals surface area contributed by atoms with Crippen LogP contribution in [0.1, 0.15) is 30.3 Å². The molecule has 1 aromatic heterocycles. The minimum absolute atomic E-state index is 0.493. The normalized spacial score (nSPS) is 24.2. The van der Waals surface area contributed by atoms with Crippen LogP contribution in [0.25, 0.3) is 0 Å². The van der Waals surface area contributed by atoms with Crippen LogP contribution >= 0.6 is 0 Å². The lowest BCUT2D eigenvalue weighted by Gasteiger charge is -2.19. The molecule has 0 bridgehead atoms. The molecule has 66 valence electrons. The first-order valence-corrected chi connectivity index (χ1v) is 4.46. The van der Waals surface area contributed by atoms with E-state index >= 15 is 0 Å². The monoisotopic (exact) mass is 166 g/mol. The molecule has 1 atom stereocenters. The first-order chi connectivity index (χ1) is 5.86. The van der Waals surface area contributed by atoms with Gasteiger partial charge in [-0.25, -0.2) is 4.98 Å². The molecule has 3 nitrogen and oxygen atoms in total. The van der Waals surface area contributed by atoms with Crippen molar-refractivity contribution in [1.29, 1.82) is 0 Å². The van der Waals surface area contributed by atoms with E-state index < -0.39 is 0 Å². The van der Waals surface area contributed by atoms with Crippen LogP contribution in [0.2, 0.25) is 0 Å². The summed E-state index contributed by atoms with van der Waals surface area (Å²) in [6, 6.07) is 0. The van der Waals surface area contributed by atoms with Gasteiger partial charge in [0.1, 0.15) is 5.82 Å². The molecule has 0 radical (unpaired) electrons. The number of aromatic nitrogens is 2. The van der Waals surface area contributed by atoms with Crippen molar-refractivity contribution in [1.82, 2.24) is 9.97 Å². The highest BCUT2D eigenvalue weighted by molar-refractivity contribution is 5.04. The zero-order valence-corrected chi connectivity index (χ0v) is 7.34. The maximum absolute atomic E-state index is 5.39. The third-order valence-electron chi connectivity index (χ3n) is 2.27. The summed E-state index contributed by atoms with van der Waals surface area (Å²) in [7, 11) is 0. The minimum Gasteiger partial charge on any atom is -0.381 e. The Morgan fingerprint density at radius 2 is 2.58 bits per heavy atom. The standard InChI is InChI=1S/C9H14N2O/c1-7-5-10-9(11-7)8-3-2-4-12-6-8/h5,8H,2-4,6H2,1H3,(H,10,11). The summed E-state index contributed by atoms with van der Waals surface area (Å²) in [6.07, 6.45) is 4.31. The van der Waals surface area contributed by atoms with Crippen molar-refractivity contribution in [3.05, 3.63) is 17.7 Å². The van der Waals surface area contributed by atoms with Crippen LogP contribution in [-0.2, 0) is 4.74 Å². The van der Waals surface area contributed by atoms with Gasteiger partial charge in [0.2, 0.25) is 0 Å². The van der Waals surface area contributed by atoms with E-state index in [2.05, 4.69) is 9.97 Å². The van der Waals surface area contributed by atoms with Crippen LogP contribution in [0.3, 0.4) is 0 Å². The van der Waals surface area contributed by atoms with E-state index in [4.69, 9.17) is 4.74 Å². The molecule has 1 aliphatic rings. The molecule has 1 fully saturated rings. The highest BCUT2D eigenvalue weighted by Crippen LogP contribution is 2.22. The molecule has 1 aromatic rings. The van der Waals surface area contributed by atoms with E-state index in [0.717, 1.165) is 31.2 Å². The smallest absolute Gasteiger partial charge is 0.111 e. The van der Waals surface area contributed by atoms with Gasteiger partial charge in [-0.2, -0.15) is 0 Å². The minimum atomic E-state index is 0.493. The largest absolute Gasteiger partial charge is 0.381 e. The number of nitrogens with one attached hydrogen (secondary N) is 1. The zero-order chi connectivity index (χ0) is 8.39. The number of rotatable bonds is 1. The topological polar surface area (TPSA) is 37.9 Å². The first-order valence-electron chi connectivity index (χ1n) is 4.46. The van der Waals surface area contributed by atoms with Crippen molar-refractivity contribution < 1.29 is 4.74 Å². The Labute approximate surface area is 72.2 Å². The molecule has 1 N–H and O–H groups in total. The molecule has 0 spiro atoms. The molecule has 1 aliphatic heterocycles. The van der Waals surface area contributed by atoms with Crippen molar-refractivity contribution >= 4 is 0 Å². The van der Waals surface area contributed by atoms with Gasteiger partial charge in [-0.15, -0.1) is 0 Å². The summed E-state index contributed by atoms with van der Waals surface area (Å²) in [5, 5.41) is 0. The van der Waals surface area contributed by atoms with Crippen molar-refractivity contribution in [2.24, 2.45) is 0 Å². The van der Waals surface area contributed by atoms with Gasteiger partial charge < -0.3 is 9.72 Å². The molecule has 0 amide bonds. The maximum atomic E-state index is 5.39. The number of aryl methyl sites for hydroxylation is 1. The van der Waals surface area contributed by atoms with Crippen LogP contribution in [-0.4, -0.2) is 23.2 Å². The molecular weight excluding hydrogens is 152 g/mol. The Bertz CT molecular complexity index is 251. The fourth-order valence-corrected chi connectivity index (χ4v) is 1.60. The van der Waals surface area contributed by atoms with Gasteiger partial charge in [0.25, 0.3) is 0 Å². The first kappa shape index (κ1) is 7.80. The Kier molecular flexibility index (Phi) is 2.13. The molecule has 0 aliphatic carbocycles. The van der Waals surface area contributed by atoms with E-state index in [-0.39, 0.29) is 0 Å². The Balaban J connectivity index is 2.08. The van der Waals surface area contributed by atoms with E-state index in [1.165, 1.54) is 6.42 Å². The molecule has 2 rings (SSSR count). The van der Waals surface area contributed by atoms with Gasteiger partial charge in [0, 0.05) is 18.7 Å². The quantitative estimate of drug-likeness (QED) is 0.688. The van der Waals surface area contributed by atoms with Gasteiger partial charge in [-0.05, 0) is 19.8 Å². The summed E-state index contributed by atoms with van der Waals surface area (Å²) in [4.78, 5) is 7.58. The predicted octanol–water partition coefficient (Wildman–Crippen LogP) is 1.61. The van der Waals surface area contributed by atoms with Crippen LogP contribution < -0.4 is 0 Å². The molecule has 0 saturated carbocycles. The van der Waals surface area contributed by atoms with Crippen molar-refractivity contribution in [3.63, 3.8) is 0 Å². The summed E-state index contributed by atoms with van der Waals surface area (Å²) in [5.41, 5.74) is 1.07. The Morgan fingerprint density at radius 3 is 3.17 bits per heavy atom. The van der Waals surface area contributed by atoms with Crippen molar-refractivity contribution in [2.45, 2.75) is 25.7 Å². The summed E-state index contributed by atoms with van der Waals surface area (Å²) >= 11 is 0. The number of aromatic amines is 1. The van der Waals surface area contributed by atoms with Gasteiger partial charge >= 0.3 is 0 Å². The van der Waals surface area contributed by atoms with Gasteiger partial charge in [-0.1, -0.05) is 0 Å². The molecule has 1 unspecified atom stereocenters.